The first kappa shape index (κ1) is 13.0. The van der Waals surface area contributed by atoms with Crippen molar-refractivity contribution in [3.05, 3.63) is 0 Å². The van der Waals surface area contributed by atoms with Gasteiger partial charge in [0.25, 0.3) is 0 Å². The number of nitrogens with one attached hydrogen (secondary N) is 1. The molecule has 1 aliphatic heterocycles. The normalized spacial score (nSPS) is 21.4. The molecule has 0 aromatic rings. The monoisotopic (exact) mass is 228 g/mol. The van der Waals surface area contributed by atoms with Crippen molar-refractivity contribution in [2.24, 2.45) is 5.41 Å². The average Bonchev–Trinajstić information content (AvgIpc) is 2.47. The van der Waals surface area contributed by atoms with Crippen molar-refractivity contribution in [2.45, 2.75) is 33.9 Å². The van der Waals surface area contributed by atoms with Gasteiger partial charge in [0, 0.05) is 0 Å². The van der Waals surface area contributed by atoms with Gasteiger partial charge in [-0.1, -0.05) is 20.8 Å². The number of hydrogen-bond acceptors (Lipinski definition) is 4. The van der Waals surface area contributed by atoms with Gasteiger partial charge < -0.3 is 9.64 Å². The second-order valence-electron chi connectivity index (χ2n) is 4.98. The molecule has 0 aromatic heterocycles. The summed E-state index contributed by atoms with van der Waals surface area (Å²) in [5, 5.41) is 3.11. The van der Waals surface area contributed by atoms with Crippen molar-refractivity contribution in [3.8, 4) is 0 Å². The van der Waals surface area contributed by atoms with Crippen LogP contribution in [-0.2, 0) is 14.3 Å². The molecule has 1 unspecified atom stereocenters. The lowest BCUT2D eigenvalue weighted by molar-refractivity contribution is -0.149. The third-order valence-electron chi connectivity index (χ3n) is 2.50. The molecule has 1 heterocycles. The van der Waals surface area contributed by atoms with E-state index >= 15 is 0 Å². The molecule has 0 bridgehead atoms. The molecule has 5 heteroatoms. The van der Waals surface area contributed by atoms with Crippen LogP contribution in [-0.4, -0.2) is 42.6 Å². The van der Waals surface area contributed by atoms with Crippen LogP contribution >= 0.6 is 0 Å². The third-order valence-corrected chi connectivity index (χ3v) is 2.50. The lowest BCUT2D eigenvalue weighted by Gasteiger charge is -2.33. The predicted octanol–water partition coefficient (Wildman–Crippen LogP) is 0.353. The lowest BCUT2D eigenvalue weighted by atomic mass is 9.92. The molecule has 0 aromatic carbocycles. The Hall–Kier alpha value is -1.10. The highest BCUT2D eigenvalue weighted by Crippen LogP contribution is 2.25. The number of hydrogen-bond donors (Lipinski definition) is 1. The third kappa shape index (κ3) is 2.95. The van der Waals surface area contributed by atoms with E-state index in [2.05, 4.69) is 5.32 Å². The van der Waals surface area contributed by atoms with E-state index < -0.39 is 0 Å². The summed E-state index contributed by atoms with van der Waals surface area (Å²) in [6.45, 7) is 8.50. The van der Waals surface area contributed by atoms with Crippen LogP contribution in [0.2, 0.25) is 0 Å². The molecule has 0 saturated carbocycles. The van der Waals surface area contributed by atoms with Gasteiger partial charge in [-0.15, -0.1) is 0 Å². The quantitative estimate of drug-likeness (QED) is 0.708. The van der Waals surface area contributed by atoms with Gasteiger partial charge in [0.05, 0.1) is 19.3 Å². The number of rotatable bonds is 3. The molecular formula is C11H20N2O3. The highest BCUT2D eigenvalue weighted by molar-refractivity contribution is 5.85. The van der Waals surface area contributed by atoms with Crippen LogP contribution in [0.4, 0.5) is 0 Å². The van der Waals surface area contributed by atoms with E-state index in [4.69, 9.17) is 4.74 Å². The van der Waals surface area contributed by atoms with Gasteiger partial charge in [-0.2, -0.15) is 0 Å². The fourth-order valence-electron chi connectivity index (χ4n) is 1.84. The van der Waals surface area contributed by atoms with Crippen LogP contribution < -0.4 is 5.32 Å². The van der Waals surface area contributed by atoms with Gasteiger partial charge in [0.15, 0.2) is 0 Å². The Kier molecular flexibility index (Phi) is 3.91. The number of esters is 1. The number of carbonyl (C=O) groups is 2. The van der Waals surface area contributed by atoms with Crippen molar-refractivity contribution in [1.82, 2.24) is 10.2 Å². The number of amides is 1. The second kappa shape index (κ2) is 4.82. The second-order valence-corrected chi connectivity index (χ2v) is 4.98. The minimum Gasteiger partial charge on any atom is -0.465 e. The van der Waals surface area contributed by atoms with Gasteiger partial charge >= 0.3 is 5.97 Å². The fraction of sp³-hybridized carbons (Fsp3) is 0.818. The van der Waals surface area contributed by atoms with Gasteiger partial charge in [-0.05, 0) is 12.3 Å². The van der Waals surface area contributed by atoms with E-state index in [1.54, 1.807) is 11.8 Å². The molecule has 1 saturated heterocycles. The minimum atomic E-state index is -0.353. The first-order valence-electron chi connectivity index (χ1n) is 5.54. The van der Waals surface area contributed by atoms with Gasteiger partial charge in [-0.25, -0.2) is 0 Å². The summed E-state index contributed by atoms with van der Waals surface area (Å²) in [4.78, 5) is 24.6. The molecule has 0 aliphatic carbocycles. The Morgan fingerprint density at radius 1 is 1.56 bits per heavy atom. The highest BCUT2D eigenvalue weighted by Gasteiger charge is 2.39. The molecule has 1 fully saturated rings. The zero-order valence-corrected chi connectivity index (χ0v) is 10.4. The Morgan fingerprint density at radius 3 is 2.69 bits per heavy atom. The van der Waals surface area contributed by atoms with Gasteiger partial charge in [-0.3, -0.25) is 14.9 Å². The summed E-state index contributed by atoms with van der Waals surface area (Å²) in [5.74, 6) is -0.401. The summed E-state index contributed by atoms with van der Waals surface area (Å²) in [7, 11) is 0. The van der Waals surface area contributed by atoms with Crippen molar-refractivity contribution in [2.75, 3.05) is 19.7 Å². The van der Waals surface area contributed by atoms with Gasteiger partial charge in [0.1, 0.15) is 6.54 Å². The van der Waals surface area contributed by atoms with E-state index in [9.17, 15) is 9.59 Å². The van der Waals surface area contributed by atoms with E-state index in [1.807, 2.05) is 20.8 Å². The van der Waals surface area contributed by atoms with Crippen molar-refractivity contribution in [3.63, 3.8) is 0 Å². The number of ether oxygens (including phenoxy) is 1. The van der Waals surface area contributed by atoms with Crippen LogP contribution in [0.1, 0.15) is 27.7 Å². The zero-order valence-electron chi connectivity index (χ0n) is 10.4. The van der Waals surface area contributed by atoms with Gasteiger partial charge in [0.2, 0.25) is 5.91 Å². The summed E-state index contributed by atoms with van der Waals surface area (Å²) in [5.41, 5.74) is -0.0986. The largest absolute Gasteiger partial charge is 0.465 e. The first-order chi connectivity index (χ1) is 7.36. The molecule has 92 valence electrons. The zero-order chi connectivity index (χ0) is 12.3. The van der Waals surface area contributed by atoms with Crippen molar-refractivity contribution < 1.29 is 14.3 Å². The molecular weight excluding hydrogens is 208 g/mol. The molecule has 16 heavy (non-hydrogen) atoms. The predicted molar refractivity (Wildman–Crippen MR) is 59.6 cm³/mol. The molecule has 1 rings (SSSR count). The number of carbonyl (C=O) groups excluding carboxylic acids is 2. The molecule has 1 amide bonds. The topological polar surface area (TPSA) is 58.6 Å². The van der Waals surface area contributed by atoms with Crippen LogP contribution in [0, 0.1) is 5.41 Å². The summed E-state index contributed by atoms with van der Waals surface area (Å²) < 4.78 is 4.85. The molecule has 1 N–H and O–H groups in total. The number of nitrogens with zero attached hydrogens (tertiary/aromatic N) is 1. The van der Waals surface area contributed by atoms with Crippen LogP contribution in [0.15, 0.2) is 0 Å². The Morgan fingerprint density at radius 2 is 2.19 bits per heavy atom. The first-order valence-corrected chi connectivity index (χ1v) is 5.54. The molecule has 5 nitrogen and oxygen atoms in total. The van der Waals surface area contributed by atoms with Crippen LogP contribution in [0.3, 0.4) is 0 Å². The highest BCUT2D eigenvalue weighted by atomic mass is 16.5. The molecule has 1 atom stereocenters. The molecule has 1 aliphatic rings. The van der Waals surface area contributed by atoms with Crippen LogP contribution in [0.25, 0.3) is 0 Å². The van der Waals surface area contributed by atoms with E-state index in [0.717, 1.165) is 0 Å². The SMILES string of the molecule is CCOC(=O)CN1C(=O)CNC1C(C)(C)C. The standard InChI is InChI=1S/C11H20N2O3/c1-5-16-9(15)7-13-8(14)6-12-10(13)11(2,3)4/h10,12H,5-7H2,1-4H3. The van der Waals surface area contributed by atoms with E-state index in [0.29, 0.717) is 13.2 Å². The average molecular weight is 228 g/mol. The van der Waals surface area contributed by atoms with E-state index in [-0.39, 0.29) is 30.0 Å². The molecule has 0 radical (unpaired) electrons. The Labute approximate surface area is 96.1 Å². The Balaban J connectivity index is 2.67. The molecule has 0 spiro atoms. The van der Waals surface area contributed by atoms with E-state index in [1.165, 1.54) is 0 Å². The van der Waals surface area contributed by atoms with Crippen molar-refractivity contribution >= 4 is 11.9 Å². The maximum Gasteiger partial charge on any atom is 0.325 e. The van der Waals surface area contributed by atoms with Crippen LogP contribution in [0.5, 0.6) is 0 Å². The smallest absolute Gasteiger partial charge is 0.325 e. The maximum atomic E-state index is 11.6. The van der Waals surface area contributed by atoms with Crippen molar-refractivity contribution in [1.29, 1.82) is 0 Å². The summed E-state index contributed by atoms with van der Waals surface area (Å²) in [6.07, 6.45) is -0.107. The fourth-order valence-corrected chi connectivity index (χ4v) is 1.84. The maximum absolute atomic E-state index is 11.6. The summed E-state index contributed by atoms with van der Waals surface area (Å²) >= 11 is 0. The Bertz CT molecular complexity index is 283. The lowest BCUT2D eigenvalue weighted by Crippen LogP contribution is -2.48. The minimum absolute atomic E-state index is 0.0294. The summed E-state index contributed by atoms with van der Waals surface area (Å²) in [6, 6.07) is 0.